The number of anilines is 3. The van der Waals surface area contributed by atoms with Gasteiger partial charge < -0.3 is 10.6 Å². The van der Waals surface area contributed by atoms with E-state index in [0.717, 1.165) is 6.42 Å². The van der Waals surface area contributed by atoms with E-state index in [1.807, 2.05) is 0 Å². The molecule has 2 aromatic rings. The maximum absolute atomic E-state index is 11.5. The summed E-state index contributed by atoms with van der Waals surface area (Å²) in [7, 11) is 0. The summed E-state index contributed by atoms with van der Waals surface area (Å²) in [6, 6.07) is 4.80. The zero-order valence-electron chi connectivity index (χ0n) is 13.2. The van der Waals surface area contributed by atoms with Gasteiger partial charge >= 0.3 is 5.69 Å². The number of nitro groups is 1. The Labute approximate surface area is 149 Å². The number of nitrogens with zero attached hydrogens (tertiary/aromatic N) is 3. The second kappa shape index (κ2) is 8.12. The van der Waals surface area contributed by atoms with Crippen molar-refractivity contribution in [1.29, 1.82) is 0 Å². The van der Waals surface area contributed by atoms with E-state index < -0.39 is 4.92 Å². The van der Waals surface area contributed by atoms with E-state index in [4.69, 9.17) is 23.2 Å². The summed E-state index contributed by atoms with van der Waals surface area (Å²) >= 11 is 12.0. The second-order valence-corrected chi connectivity index (χ2v) is 6.38. The Balaban J connectivity index is 2.32. The predicted molar refractivity (Wildman–Crippen MR) is 96.4 cm³/mol. The van der Waals surface area contributed by atoms with E-state index in [2.05, 4.69) is 34.4 Å². The Morgan fingerprint density at radius 2 is 1.96 bits per heavy atom. The average molecular weight is 370 g/mol. The van der Waals surface area contributed by atoms with Crippen molar-refractivity contribution in [1.82, 2.24) is 9.97 Å². The first kappa shape index (κ1) is 18.2. The minimum atomic E-state index is -0.529. The first-order valence-corrected chi connectivity index (χ1v) is 8.09. The minimum absolute atomic E-state index is 0.0474. The van der Waals surface area contributed by atoms with Gasteiger partial charge in [0.05, 0.1) is 15.6 Å². The standard InChI is InChI=1S/C15H17Cl2N5O2/c1-9(2)5-6-18-14-13(22(23)24)15(20-8-19-14)21-12-7-10(16)3-4-11(12)17/h3-4,7-9H,5-6H2,1-2H3,(H2,18,19,20,21). The Kier molecular flexibility index (Phi) is 6.16. The van der Waals surface area contributed by atoms with E-state index in [0.29, 0.717) is 28.2 Å². The molecule has 2 rings (SSSR count). The Morgan fingerprint density at radius 3 is 2.62 bits per heavy atom. The fraction of sp³-hybridized carbons (Fsp3) is 0.333. The van der Waals surface area contributed by atoms with E-state index in [1.165, 1.54) is 6.33 Å². The topological polar surface area (TPSA) is 93.0 Å². The Hall–Kier alpha value is -2.12. The van der Waals surface area contributed by atoms with E-state index in [1.54, 1.807) is 18.2 Å². The Bertz CT molecular complexity index is 740. The molecule has 128 valence electrons. The van der Waals surface area contributed by atoms with Crippen molar-refractivity contribution in [2.75, 3.05) is 17.2 Å². The molecule has 0 aliphatic heterocycles. The smallest absolute Gasteiger partial charge is 0.353 e. The third kappa shape index (κ3) is 4.69. The van der Waals surface area contributed by atoms with Crippen molar-refractivity contribution >= 4 is 46.2 Å². The van der Waals surface area contributed by atoms with E-state index in [9.17, 15) is 10.1 Å². The zero-order chi connectivity index (χ0) is 17.7. The summed E-state index contributed by atoms with van der Waals surface area (Å²) in [5, 5.41) is 18.1. The number of hydrogen-bond acceptors (Lipinski definition) is 6. The lowest BCUT2D eigenvalue weighted by Gasteiger charge is -2.11. The normalized spacial score (nSPS) is 10.7. The molecule has 0 spiro atoms. The average Bonchev–Trinajstić information content (AvgIpc) is 2.50. The second-order valence-electron chi connectivity index (χ2n) is 5.54. The first-order valence-electron chi connectivity index (χ1n) is 7.33. The van der Waals surface area contributed by atoms with Gasteiger partial charge in [0.2, 0.25) is 11.6 Å². The van der Waals surface area contributed by atoms with Gasteiger partial charge in [-0.25, -0.2) is 9.97 Å². The highest BCUT2D eigenvalue weighted by Crippen LogP contribution is 2.34. The van der Waals surface area contributed by atoms with Gasteiger partial charge in [0, 0.05) is 11.6 Å². The van der Waals surface area contributed by atoms with Crippen molar-refractivity contribution < 1.29 is 4.92 Å². The van der Waals surface area contributed by atoms with Crippen LogP contribution in [0.3, 0.4) is 0 Å². The molecular weight excluding hydrogens is 353 g/mol. The van der Waals surface area contributed by atoms with Gasteiger partial charge in [-0.1, -0.05) is 37.0 Å². The summed E-state index contributed by atoms with van der Waals surface area (Å²) in [4.78, 5) is 18.9. The van der Waals surface area contributed by atoms with Crippen LogP contribution < -0.4 is 10.6 Å². The van der Waals surface area contributed by atoms with Gasteiger partial charge in [0.25, 0.3) is 0 Å². The van der Waals surface area contributed by atoms with Crippen LogP contribution in [-0.2, 0) is 0 Å². The lowest BCUT2D eigenvalue weighted by atomic mass is 10.1. The molecule has 0 fully saturated rings. The molecule has 1 heterocycles. The van der Waals surface area contributed by atoms with E-state index in [-0.39, 0.29) is 17.3 Å². The molecule has 1 aromatic heterocycles. The van der Waals surface area contributed by atoms with Gasteiger partial charge in [-0.2, -0.15) is 0 Å². The molecule has 9 heteroatoms. The maximum Gasteiger partial charge on any atom is 0.353 e. The summed E-state index contributed by atoms with van der Waals surface area (Å²) in [6.45, 7) is 4.72. The van der Waals surface area contributed by atoms with Crippen molar-refractivity contribution in [2.45, 2.75) is 20.3 Å². The van der Waals surface area contributed by atoms with Gasteiger partial charge in [0.15, 0.2) is 0 Å². The zero-order valence-corrected chi connectivity index (χ0v) is 14.7. The van der Waals surface area contributed by atoms with Gasteiger partial charge in [0.1, 0.15) is 6.33 Å². The lowest BCUT2D eigenvalue weighted by Crippen LogP contribution is -2.10. The molecule has 24 heavy (non-hydrogen) atoms. The third-order valence-corrected chi connectivity index (χ3v) is 3.77. The fourth-order valence-electron chi connectivity index (χ4n) is 1.97. The van der Waals surface area contributed by atoms with Crippen LogP contribution in [0.25, 0.3) is 0 Å². The monoisotopic (exact) mass is 369 g/mol. The third-order valence-electron chi connectivity index (χ3n) is 3.20. The highest BCUT2D eigenvalue weighted by Gasteiger charge is 2.23. The highest BCUT2D eigenvalue weighted by molar-refractivity contribution is 6.35. The highest BCUT2D eigenvalue weighted by atomic mass is 35.5. The van der Waals surface area contributed by atoms with Crippen LogP contribution >= 0.6 is 23.2 Å². The molecule has 0 amide bonds. The molecule has 0 saturated carbocycles. The molecule has 0 bridgehead atoms. The minimum Gasteiger partial charge on any atom is -0.364 e. The van der Waals surface area contributed by atoms with Crippen molar-refractivity contribution in [3.8, 4) is 0 Å². The first-order chi connectivity index (χ1) is 11.4. The van der Waals surface area contributed by atoms with Crippen molar-refractivity contribution in [2.24, 2.45) is 5.92 Å². The Morgan fingerprint density at radius 1 is 1.25 bits per heavy atom. The number of rotatable bonds is 7. The molecular formula is C15H17Cl2N5O2. The number of aromatic nitrogens is 2. The van der Waals surface area contributed by atoms with Crippen LogP contribution in [0.15, 0.2) is 24.5 Å². The molecule has 0 aliphatic rings. The van der Waals surface area contributed by atoms with Crippen LogP contribution in [0.4, 0.5) is 23.0 Å². The molecule has 0 unspecified atom stereocenters. The molecule has 2 N–H and O–H groups in total. The summed E-state index contributed by atoms with van der Waals surface area (Å²) < 4.78 is 0. The van der Waals surface area contributed by atoms with Gasteiger partial charge in [-0.15, -0.1) is 0 Å². The van der Waals surface area contributed by atoms with Gasteiger partial charge in [-0.3, -0.25) is 10.1 Å². The molecule has 0 aliphatic carbocycles. The van der Waals surface area contributed by atoms with Crippen LogP contribution in [0, 0.1) is 16.0 Å². The molecule has 0 saturated heterocycles. The van der Waals surface area contributed by atoms with E-state index >= 15 is 0 Å². The summed E-state index contributed by atoms with van der Waals surface area (Å²) in [6.07, 6.45) is 2.12. The SMILES string of the molecule is CC(C)CCNc1ncnc(Nc2cc(Cl)ccc2Cl)c1[N+](=O)[O-]. The van der Waals surface area contributed by atoms with Gasteiger partial charge in [-0.05, 0) is 30.5 Å². The molecule has 1 aromatic carbocycles. The van der Waals surface area contributed by atoms with Crippen LogP contribution in [0.1, 0.15) is 20.3 Å². The van der Waals surface area contributed by atoms with Crippen molar-refractivity contribution in [3.05, 3.63) is 44.7 Å². The molecule has 0 atom stereocenters. The van der Waals surface area contributed by atoms with Crippen molar-refractivity contribution in [3.63, 3.8) is 0 Å². The molecule has 7 nitrogen and oxygen atoms in total. The van der Waals surface area contributed by atoms with Crippen LogP contribution in [-0.4, -0.2) is 21.4 Å². The lowest BCUT2D eigenvalue weighted by molar-refractivity contribution is -0.383. The summed E-state index contributed by atoms with van der Waals surface area (Å²) in [5.74, 6) is 0.684. The van der Waals surface area contributed by atoms with Crippen LogP contribution in [0.5, 0.6) is 0 Å². The quantitative estimate of drug-likeness (QED) is 0.532. The maximum atomic E-state index is 11.5. The number of halogens is 2. The predicted octanol–water partition coefficient (Wildman–Crippen LogP) is 4.89. The largest absolute Gasteiger partial charge is 0.364 e. The van der Waals surface area contributed by atoms with Crippen LogP contribution in [0.2, 0.25) is 10.0 Å². The molecule has 0 radical (unpaired) electrons. The fourth-order valence-corrected chi connectivity index (χ4v) is 2.31. The summed E-state index contributed by atoms with van der Waals surface area (Å²) in [5.41, 5.74) is 0.191. The number of nitrogens with one attached hydrogen (secondary N) is 2. The number of hydrogen-bond donors (Lipinski definition) is 2. The number of benzene rings is 1.